The van der Waals surface area contributed by atoms with Crippen LogP contribution in [0.1, 0.15) is 49.2 Å². The predicted octanol–water partition coefficient (Wildman–Crippen LogP) is 2.82. The van der Waals surface area contributed by atoms with Crippen LogP contribution in [0.15, 0.2) is 29.1 Å². The summed E-state index contributed by atoms with van der Waals surface area (Å²) in [6.45, 7) is 9.99. The van der Waals surface area contributed by atoms with E-state index in [1.807, 2.05) is 52.0 Å². The van der Waals surface area contributed by atoms with Gasteiger partial charge in [0.15, 0.2) is 11.3 Å². The lowest BCUT2D eigenvalue weighted by Gasteiger charge is -2.38. The molecule has 0 aliphatic carbocycles. The lowest BCUT2D eigenvalue weighted by molar-refractivity contribution is -0.188. The van der Waals surface area contributed by atoms with Crippen LogP contribution in [0.5, 0.6) is 0 Å². The van der Waals surface area contributed by atoms with Gasteiger partial charge in [-0.15, -0.1) is 0 Å². The first-order valence-electron chi connectivity index (χ1n) is 12.0. The Morgan fingerprint density at radius 3 is 2.32 bits per heavy atom. The third-order valence-corrected chi connectivity index (χ3v) is 7.04. The summed E-state index contributed by atoms with van der Waals surface area (Å²) in [6, 6.07) is 7.31. The van der Waals surface area contributed by atoms with Crippen molar-refractivity contribution in [3.63, 3.8) is 0 Å². The van der Waals surface area contributed by atoms with E-state index >= 15 is 0 Å². The van der Waals surface area contributed by atoms with Gasteiger partial charge in [-0.2, -0.15) is 10.2 Å². The molecule has 0 radical (unpaired) electrons. The minimum absolute atomic E-state index is 0.0987. The highest BCUT2D eigenvalue weighted by Crippen LogP contribution is 2.32. The number of piperidine rings is 1. The molecule has 1 atom stereocenters. The molecular weight excluding hydrogens is 434 g/mol. The topological polar surface area (TPSA) is 91.5 Å². The fourth-order valence-corrected chi connectivity index (χ4v) is 5.12. The first-order chi connectivity index (χ1) is 16.3. The number of likely N-dealkylation sites (tertiary alicyclic amines) is 1. The maximum absolute atomic E-state index is 13.5. The van der Waals surface area contributed by atoms with Crippen LogP contribution >= 0.6 is 0 Å². The minimum Gasteiger partial charge on any atom is -0.347 e. The third kappa shape index (κ3) is 3.73. The molecule has 9 nitrogen and oxygen atoms in total. The molecule has 2 aromatic heterocycles. The van der Waals surface area contributed by atoms with E-state index in [-0.39, 0.29) is 11.5 Å². The van der Waals surface area contributed by atoms with E-state index in [0.29, 0.717) is 56.8 Å². The standard InChI is InChI=1S/C25H31N5O4/c1-5-20(23(31)28-12-10-25(11-13-28)33-14-15-34-25)30-24(32)22-21(17(3)26-30)18(4)29(27-22)19-8-6-16(2)7-9-19/h6-9,20H,5,10-15H2,1-4H3. The number of rotatable bonds is 4. The highest BCUT2D eigenvalue weighted by Gasteiger charge is 2.42. The van der Waals surface area contributed by atoms with Crippen LogP contribution in [-0.2, 0) is 14.3 Å². The summed E-state index contributed by atoms with van der Waals surface area (Å²) < 4.78 is 14.7. The van der Waals surface area contributed by atoms with Gasteiger partial charge in [0.05, 0.1) is 35.7 Å². The number of aryl methyl sites for hydroxylation is 3. The number of ether oxygens (including phenoxy) is 2. The van der Waals surface area contributed by atoms with Gasteiger partial charge in [-0.05, 0) is 39.3 Å². The average Bonchev–Trinajstić information content (AvgIpc) is 3.43. The van der Waals surface area contributed by atoms with Crippen molar-refractivity contribution >= 4 is 16.8 Å². The molecule has 1 aromatic carbocycles. The maximum atomic E-state index is 13.5. The molecule has 1 spiro atoms. The van der Waals surface area contributed by atoms with Gasteiger partial charge in [0.25, 0.3) is 5.56 Å². The van der Waals surface area contributed by atoms with Crippen molar-refractivity contribution in [2.45, 2.75) is 58.8 Å². The second kappa shape index (κ2) is 8.63. The van der Waals surface area contributed by atoms with Crippen LogP contribution in [0.2, 0.25) is 0 Å². The molecule has 9 heteroatoms. The monoisotopic (exact) mass is 465 g/mol. The summed E-state index contributed by atoms with van der Waals surface area (Å²) >= 11 is 0. The zero-order chi connectivity index (χ0) is 24.0. The van der Waals surface area contributed by atoms with Crippen molar-refractivity contribution in [3.05, 3.63) is 51.6 Å². The summed E-state index contributed by atoms with van der Waals surface area (Å²) in [6.07, 6.45) is 1.73. The van der Waals surface area contributed by atoms with Gasteiger partial charge in [-0.25, -0.2) is 9.36 Å². The second-order valence-electron chi connectivity index (χ2n) is 9.25. The Bertz CT molecular complexity index is 1280. The van der Waals surface area contributed by atoms with E-state index < -0.39 is 11.8 Å². The van der Waals surface area contributed by atoms with Crippen molar-refractivity contribution in [2.24, 2.45) is 0 Å². The van der Waals surface area contributed by atoms with Crippen molar-refractivity contribution in [1.29, 1.82) is 0 Å². The Hall–Kier alpha value is -3.04. The molecule has 0 saturated carbocycles. The molecule has 1 amide bonds. The summed E-state index contributed by atoms with van der Waals surface area (Å²) in [7, 11) is 0. The Morgan fingerprint density at radius 1 is 1.06 bits per heavy atom. The summed E-state index contributed by atoms with van der Waals surface area (Å²) in [5.74, 6) is -0.651. The summed E-state index contributed by atoms with van der Waals surface area (Å²) in [5.41, 5.74) is 3.56. The third-order valence-electron chi connectivity index (χ3n) is 7.04. The zero-order valence-corrected chi connectivity index (χ0v) is 20.2. The van der Waals surface area contributed by atoms with Crippen molar-refractivity contribution in [1.82, 2.24) is 24.5 Å². The van der Waals surface area contributed by atoms with Gasteiger partial charge >= 0.3 is 0 Å². The summed E-state index contributed by atoms with van der Waals surface area (Å²) in [4.78, 5) is 28.8. The van der Waals surface area contributed by atoms with Crippen molar-refractivity contribution < 1.29 is 14.3 Å². The predicted molar refractivity (Wildman–Crippen MR) is 127 cm³/mol. The van der Waals surface area contributed by atoms with E-state index in [0.717, 1.165) is 22.3 Å². The molecule has 2 fully saturated rings. The molecule has 2 aliphatic rings. The fraction of sp³-hybridized carbons (Fsp3) is 0.520. The molecule has 0 bridgehead atoms. The molecule has 5 rings (SSSR count). The van der Waals surface area contributed by atoms with Crippen LogP contribution < -0.4 is 5.56 Å². The molecular formula is C25H31N5O4. The number of aromatic nitrogens is 4. The van der Waals surface area contributed by atoms with Gasteiger partial charge in [-0.1, -0.05) is 24.6 Å². The lowest BCUT2D eigenvalue weighted by atomic mass is 10.0. The molecule has 4 heterocycles. The van der Waals surface area contributed by atoms with E-state index in [1.54, 1.807) is 9.58 Å². The SMILES string of the molecule is CCC(C(=O)N1CCC2(CC1)OCCO2)n1nc(C)c2c(C)n(-c3ccc(C)cc3)nc2c1=O. The number of nitrogens with zero attached hydrogens (tertiary/aromatic N) is 5. The van der Waals surface area contributed by atoms with E-state index in [9.17, 15) is 9.59 Å². The largest absolute Gasteiger partial charge is 0.347 e. The molecule has 1 unspecified atom stereocenters. The lowest BCUT2D eigenvalue weighted by Crippen LogP contribution is -2.50. The number of hydrogen-bond donors (Lipinski definition) is 0. The van der Waals surface area contributed by atoms with Crippen LogP contribution in [0.25, 0.3) is 16.6 Å². The smallest absolute Gasteiger partial charge is 0.295 e. The first-order valence-corrected chi connectivity index (χ1v) is 12.0. The Labute approximate surface area is 198 Å². The van der Waals surface area contributed by atoms with Gasteiger partial charge in [-0.3, -0.25) is 9.59 Å². The normalized spacial score (nSPS) is 18.6. The van der Waals surface area contributed by atoms with Crippen LogP contribution in [0.4, 0.5) is 0 Å². The first kappa shape index (κ1) is 22.7. The quantitative estimate of drug-likeness (QED) is 0.589. The van der Waals surface area contributed by atoms with Gasteiger partial charge in [0.2, 0.25) is 5.91 Å². The number of fused-ring (bicyclic) bond motifs is 1. The molecule has 3 aromatic rings. The molecule has 34 heavy (non-hydrogen) atoms. The molecule has 2 aliphatic heterocycles. The average molecular weight is 466 g/mol. The summed E-state index contributed by atoms with van der Waals surface area (Å²) in [5, 5.41) is 9.99. The number of carbonyl (C=O) groups is 1. The minimum atomic E-state index is -0.681. The molecule has 2 saturated heterocycles. The van der Waals surface area contributed by atoms with E-state index in [1.165, 1.54) is 4.68 Å². The van der Waals surface area contributed by atoms with Crippen LogP contribution in [0, 0.1) is 20.8 Å². The fourth-order valence-electron chi connectivity index (χ4n) is 5.12. The van der Waals surface area contributed by atoms with Gasteiger partial charge in [0.1, 0.15) is 6.04 Å². The highest BCUT2D eigenvalue weighted by atomic mass is 16.7. The molecule has 0 N–H and O–H groups in total. The Kier molecular flexibility index (Phi) is 5.77. The zero-order valence-electron chi connectivity index (χ0n) is 20.2. The molecule has 180 valence electrons. The number of carbonyl (C=O) groups excluding carboxylic acids is 1. The van der Waals surface area contributed by atoms with Gasteiger partial charge < -0.3 is 14.4 Å². The van der Waals surface area contributed by atoms with Crippen LogP contribution in [0.3, 0.4) is 0 Å². The Morgan fingerprint density at radius 2 is 1.71 bits per heavy atom. The van der Waals surface area contributed by atoms with E-state index in [2.05, 4.69) is 10.2 Å². The van der Waals surface area contributed by atoms with Crippen LogP contribution in [-0.4, -0.2) is 62.5 Å². The maximum Gasteiger partial charge on any atom is 0.295 e. The number of benzene rings is 1. The number of amides is 1. The van der Waals surface area contributed by atoms with Crippen molar-refractivity contribution in [2.75, 3.05) is 26.3 Å². The highest BCUT2D eigenvalue weighted by molar-refractivity contribution is 5.84. The van der Waals surface area contributed by atoms with E-state index in [4.69, 9.17) is 9.47 Å². The van der Waals surface area contributed by atoms with Crippen molar-refractivity contribution in [3.8, 4) is 5.69 Å². The second-order valence-corrected chi connectivity index (χ2v) is 9.25. The number of hydrogen-bond acceptors (Lipinski definition) is 6. The Balaban J connectivity index is 1.48. The van der Waals surface area contributed by atoms with Gasteiger partial charge in [0, 0.05) is 25.9 Å².